The van der Waals surface area contributed by atoms with E-state index >= 15 is 0 Å². The Morgan fingerprint density at radius 1 is 1.30 bits per heavy atom. The number of nitrogens with zero attached hydrogens (tertiary/aromatic N) is 2. The third kappa shape index (κ3) is 2.72. The topological polar surface area (TPSA) is 76.3 Å². The van der Waals surface area contributed by atoms with Gasteiger partial charge in [0.1, 0.15) is 10.7 Å². The van der Waals surface area contributed by atoms with Gasteiger partial charge in [0.2, 0.25) is 0 Å². The first-order valence-electron chi connectivity index (χ1n) is 5.94. The highest BCUT2D eigenvalue weighted by Gasteiger charge is 2.24. The van der Waals surface area contributed by atoms with Crippen molar-refractivity contribution in [3.8, 4) is 0 Å². The zero-order valence-electron chi connectivity index (χ0n) is 10.8. The van der Waals surface area contributed by atoms with E-state index in [1.54, 1.807) is 31.2 Å². The smallest absolute Gasteiger partial charge is 0.265 e. The standard InChI is InChI=1S/C13H14FN3O2S/c1-2-17(12-5-3-4-11(15)7-12)20(18,19)13-6-10(14)8-16-9-13/h3-9H,2,15H2,1H3. The van der Waals surface area contributed by atoms with E-state index in [2.05, 4.69) is 4.98 Å². The van der Waals surface area contributed by atoms with Crippen LogP contribution in [0.4, 0.5) is 15.8 Å². The number of sulfonamides is 1. The summed E-state index contributed by atoms with van der Waals surface area (Å²) in [7, 11) is -3.87. The molecule has 106 valence electrons. The maximum absolute atomic E-state index is 13.2. The molecule has 1 aromatic carbocycles. The fraction of sp³-hybridized carbons (Fsp3) is 0.154. The van der Waals surface area contributed by atoms with Crippen molar-refractivity contribution in [2.45, 2.75) is 11.8 Å². The molecule has 0 spiro atoms. The van der Waals surface area contributed by atoms with Gasteiger partial charge in [0.05, 0.1) is 11.9 Å². The zero-order chi connectivity index (χ0) is 14.8. The molecular weight excluding hydrogens is 281 g/mol. The Morgan fingerprint density at radius 3 is 2.65 bits per heavy atom. The second-order valence-electron chi connectivity index (χ2n) is 4.10. The van der Waals surface area contributed by atoms with Crippen molar-refractivity contribution in [3.05, 3.63) is 48.5 Å². The molecular formula is C13H14FN3O2S. The van der Waals surface area contributed by atoms with Crippen LogP contribution in [0.3, 0.4) is 0 Å². The van der Waals surface area contributed by atoms with E-state index in [1.807, 2.05) is 0 Å². The molecule has 0 radical (unpaired) electrons. The number of rotatable bonds is 4. The maximum Gasteiger partial charge on any atom is 0.265 e. The van der Waals surface area contributed by atoms with Gasteiger partial charge in [-0.3, -0.25) is 9.29 Å². The second kappa shape index (κ2) is 5.46. The summed E-state index contributed by atoms with van der Waals surface area (Å²) in [5.41, 5.74) is 6.54. The first-order valence-corrected chi connectivity index (χ1v) is 7.38. The Hall–Kier alpha value is -2.15. The molecule has 0 aliphatic carbocycles. The second-order valence-corrected chi connectivity index (χ2v) is 5.97. The largest absolute Gasteiger partial charge is 0.399 e. The molecule has 0 atom stereocenters. The summed E-state index contributed by atoms with van der Waals surface area (Å²) in [5, 5.41) is 0. The highest BCUT2D eigenvalue weighted by molar-refractivity contribution is 7.92. The summed E-state index contributed by atoms with van der Waals surface area (Å²) >= 11 is 0. The normalized spacial score (nSPS) is 11.3. The van der Waals surface area contributed by atoms with Gasteiger partial charge in [0, 0.05) is 18.4 Å². The lowest BCUT2D eigenvalue weighted by molar-refractivity contribution is 0.584. The quantitative estimate of drug-likeness (QED) is 0.875. The van der Waals surface area contributed by atoms with E-state index in [4.69, 9.17) is 5.73 Å². The molecule has 5 nitrogen and oxygen atoms in total. The monoisotopic (exact) mass is 295 g/mol. The van der Waals surface area contributed by atoms with Crippen LogP contribution in [0, 0.1) is 5.82 Å². The summed E-state index contributed by atoms with van der Waals surface area (Å²) in [6.07, 6.45) is 2.07. The number of nitrogen functional groups attached to an aromatic ring is 1. The summed E-state index contributed by atoms with van der Waals surface area (Å²) < 4.78 is 39.3. The SMILES string of the molecule is CCN(c1cccc(N)c1)S(=O)(=O)c1cncc(F)c1. The molecule has 2 rings (SSSR count). The Balaban J connectivity index is 2.50. The van der Waals surface area contributed by atoms with Crippen molar-refractivity contribution in [1.82, 2.24) is 4.98 Å². The predicted molar refractivity (Wildman–Crippen MR) is 75.3 cm³/mol. The first kappa shape index (κ1) is 14.3. The van der Waals surface area contributed by atoms with Gasteiger partial charge >= 0.3 is 0 Å². The fourth-order valence-electron chi connectivity index (χ4n) is 1.83. The Bertz CT molecular complexity index is 719. The van der Waals surface area contributed by atoms with Gasteiger partial charge in [-0.25, -0.2) is 12.8 Å². The third-order valence-corrected chi connectivity index (χ3v) is 4.58. The van der Waals surface area contributed by atoms with E-state index in [0.717, 1.165) is 22.8 Å². The predicted octanol–water partition coefficient (Wildman–Crippen LogP) is 2.02. The number of anilines is 2. The maximum atomic E-state index is 13.2. The van der Waals surface area contributed by atoms with Gasteiger partial charge in [-0.1, -0.05) is 6.07 Å². The lowest BCUT2D eigenvalue weighted by atomic mass is 10.3. The van der Waals surface area contributed by atoms with E-state index < -0.39 is 15.8 Å². The number of hydrogen-bond donors (Lipinski definition) is 1. The van der Waals surface area contributed by atoms with Crippen LogP contribution >= 0.6 is 0 Å². The Morgan fingerprint density at radius 2 is 2.05 bits per heavy atom. The van der Waals surface area contributed by atoms with Crippen LogP contribution < -0.4 is 10.0 Å². The average Bonchev–Trinajstić information content (AvgIpc) is 2.39. The Labute approximate surface area is 116 Å². The van der Waals surface area contributed by atoms with Gasteiger partial charge in [0.15, 0.2) is 0 Å². The fourth-order valence-corrected chi connectivity index (χ4v) is 3.27. The Kier molecular flexibility index (Phi) is 3.89. The molecule has 0 saturated heterocycles. The molecule has 20 heavy (non-hydrogen) atoms. The van der Waals surface area contributed by atoms with Crippen LogP contribution in [-0.4, -0.2) is 19.9 Å². The van der Waals surface area contributed by atoms with Gasteiger partial charge < -0.3 is 5.73 Å². The highest BCUT2D eigenvalue weighted by Crippen LogP contribution is 2.24. The molecule has 0 unspecified atom stereocenters. The van der Waals surface area contributed by atoms with Crippen LogP contribution in [0.15, 0.2) is 47.6 Å². The lowest BCUT2D eigenvalue weighted by Crippen LogP contribution is -2.31. The van der Waals surface area contributed by atoms with Gasteiger partial charge in [-0.2, -0.15) is 0 Å². The third-order valence-electron chi connectivity index (χ3n) is 2.71. The molecule has 2 aromatic rings. The minimum Gasteiger partial charge on any atom is -0.399 e. The van der Waals surface area contributed by atoms with Crippen molar-refractivity contribution < 1.29 is 12.8 Å². The van der Waals surface area contributed by atoms with Crippen molar-refractivity contribution in [2.24, 2.45) is 0 Å². The van der Waals surface area contributed by atoms with Gasteiger partial charge in [-0.15, -0.1) is 0 Å². The molecule has 0 amide bonds. The zero-order valence-corrected chi connectivity index (χ0v) is 11.6. The molecule has 0 saturated carbocycles. The molecule has 0 aliphatic heterocycles. The average molecular weight is 295 g/mol. The molecule has 0 fully saturated rings. The van der Waals surface area contributed by atoms with E-state index in [0.29, 0.717) is 11.4 Å². The van der Waals surface area contributed by atoms with Crippen LogP contribution in [0.5, 0.6) is 0 Å². The van der Waals surface area contributed by atoms with E-state index in [-0.39, 0.29) is 11.4 Å². The van der Waals surface area contributed by atoms with Crippen molar-refractivity contribution in [3.63, 3.8) is 0 Å². The van der Waals surface area contributed by atoms with E-state index in [1.165, 1.54) is 0 Å². The molecule has 1 aromatic heterocycles. The van der Waals surface area contributed by atoms with Crippen molar-refractivity contribution in [2.75, 3.05) is 16.6 Å². The van der Waals surface area contributed by atoms with Crippen LogP contribution in [0.25, 0.3) is 0 Å². The minimum absolute atomic E-state index is 0.193. The molecule has 7 heteroatoms. The summed E-state index contributed by atoms with van der Waals surface area (Å²) in [6.45, 7) is 1.88. The highest BCUT2D eigenvalue weighted by atomic mass is 32.2. The summed E-state index contributed by atoms with van der Waals surface area (Å²) in [4.78, 5) is 3.38. The van der Waals surface area contributed by atoms with Crippen LogP contribution in [0.2, 0.25) is 0 Å². The number of nitrogens with two attached hydrogens (primary N) is 1. The number of benzene rings is 1. The molecule has 1 heterocycles. The molecule has 0 aliphatic rings. The first-order chi connectivity index (χ1) is 9.45. The number of aromatic nitrogens is 1. The molecule has 2 N–H and O–H groups in total. The lowest BCUT2D eigenvalue weighted by Gasteiger charge is -2.23. The van der Waals surface area contributed by atoms with Gasteiger partial charge in [0.25, 0.3) is 10.0 Å². The van der Waals surface area contributed by atoms with Crippen molar-refractivity contribution in [1.29, 1.82) is 0 Å². The van der Waals surface area contributed by atoms with Gasteiger partial charge in [-0.05, 0) is 31.2 Å². The van der Waals surface area contributed by atoms with Crippen molar-refractivity contribution >= 4 is 21.4 Å². The number of hydrogen-bond acceptors (Lipinski definition) is 4. The summed E-state index contributed by atoms with van der Waals surface area (Å²) in [5.74, 6) is -0.699. The molecule has 0 bridgehead atoms. The van der Waals surface area contributed by atoms with Crippen LogP contribution in [-0.2, 0) is 10.0 Å². The van der Waals surface area contributed by atoms with Crippen LogP contribution in [0.1, 0.15) is 6.92 Å². The minimum atomic E-state index is -3.87. The number of halogens is 1. The summed E-state index contributed by atoms with van der Waals surface area (Å²) in [6, 6.07) is 7.44. The van der Waals surface area contributed by atoms with E-state index in [9.17, 15) is 12.8 Å². The number of pyridine rings is 1.